The van der Waals surface area contributed by atoms with Crippen LogP contribution < -0.4 is 4.74 Å². The van der Waals surface area contributed by atoms with E-state index in [1.165, 1.54) is 0 Å². The summed E-state index contributed by atoms with van der Waals surface area (Å²) >= 11 is 5.91. The smallest absolute Gasteiger partial charge is 0.141 e. The van der Waals surface area contributed by atoms with E-state index in [4.69, 9.17) is 21.4 Å². The molecule has 1 aromatic carbocycles. The molecule has 1 aromatic rings. The summed E-state index contributed by atoms with van der Waals surface area (Å²) < 4.78 is 5.14. The van der Waals surface area contributed by atoms with Gasteiger partial charge in [0.25, 0.3) is 0 Å². The van der Waals surface area contributed by atoms with Crippen molar-refractivity contribution in [1.29, 1.82) is 0 Å². The molecule has 2 nitrogen and oxygen atoms in total. The third kappa shape index (κ3) is 2.14. The van der Waals surface area contributed by atoms with E-state index in [0.717, 1.165) is 11.5 Å². The maximum atomic E-state index is 8.96. The fourth-order valence-electron chi connectivity index (χ4n) is 1.14. The predicted octanol–water partition coefficient (Wildman–Crippen LogP) is 2.28. The van der Waals surface area contributed by atoms with Crippen molar-refractivity contribution < 1.29 is 9.84 Å². The molecule has 0 aromatic heterocycles. The molecule has 0 saturated carbocycles. The van der Waals surface area contributed by atoms with Crippen LogP contribution in [-0.2, 0) is 0 Å². The molecule has 0 aliphatic heterocycles. The largest absolute Gasteiger partial charge is 0.495 e. The monoisotopic (exact) mass is 199 g/mol. The molecule has 0 heterocycles. The van der Waals surface area contributed by atoms with Crippen molar-refractivity contribution in [2.24, 2.45) is 0 Å². The SMILES string of the molecule is COc1c(Cl)cccc1[C](C)CO. The van der Waals surface area contributed by atoms with Crippen LogP contribution in [0.15, 0.2) is 18.2 Å². The maximum absolute atomic E-state index is 8.96. The van der Waals surface area contributed by atoms with E-state index in [1.54, 1.807) is 13.2 Å². The van der Waals surface area contributed by atoms with Gasteiger partial charge in [0, 0.05) is 11.5 Å². The minimum Gasteiger partial charge on any atom is -0.495 e. The molecular formula is C10H12ClO2. The number of methoxy groups -OCH3 is 1. The van der Waals surface area contributed by atoms with Crippen LogP contribution in [0.4, 0.5) is 0 Å². The predicted molar refractivity (Wildman–Crippen MR) is 53.1 cm³/mol. The summed E-state index contributed by atoms with van der Waals surface area (Å²) in [5.74, 6) is 1.47. The Balaban J connectivity index is 3.12. The molecule has 71 valence electrons. The molecule has 0 saturated heterocycles. The average molecular weight is 200 g/mol. The van der Waals surface area contributed by atoms with E-state index in [0.29, 0.717) is 10.8 Å². The molecule has 0 fully saturated rings. The van der Waals surface area contributed by atoms with Gasteiger partial charge in [0.2, 0.25) is 0 Å². The summed E-state index contributed by atoms with van der Waals surface area (Å²) in [5, 5.41) is 9.53. The van der Waals surface area contributed by atoms with Crippen molar-refractivity contribution >= 4 is 11.6 Å². The zero-order chi connectivity index (χ0) is 9.84. The number of aliphatic hydroxyl groups is 1. The molecule has 0 spiro atoms. The Labute approximate surface area is 83.1 Å². The van der Waals surface area contributed by atoms with Crippen LogP contribution in [0.1, 0.15) is 12.5 Å². The van der Waals surface area contributed by atoms with Crippen LogP contribution in [0.2, 0.25) is 5.02 Å². The molecule has 3 heteroatoms. The molecule has 0 unspecified atom stereocenters. The van der Waals surface area contributed by atoms with Crippen molar-refractivity contribution in [3.05, 3.63) is 34.7 Å². The van der Waals surface area contributed by atoms with E-state index < -0.39 is 0 Å². The quantitative estimate of drug-likeness (QED) is 0.810. The van der Waals surface area contributed by atoms with Gasteiger partial charge in [-0.25, -0.2) is 0 Å². The van der Waals surface area contributed by atoms with Crippen LogP contribution in [0, 0.1) is 5.92 Å². The van der Waals surface area contributed by atoms with Crippen LogP contribution in [0.5, 0.6) is 5.75 Å². The molecule has 0 aliphatic rings. The summed E-state index contributed by atoms with van der Waals surface area (Å²) in [6.45, 7) is 1.85. The molecule has 1 rings (SSSR count). The number of halogens is 1. The van der Waals surface area contributed by atoms with E-state index >= 15 is 0 Å². The highest BCUT2D eigenvalue weighted by Gasteiger charge is 2.13. The lowest BCUT2D eigenvalue weighted by atomic mass is 10.0. The number of para-hydroxylation sites is 1. The third-order valence-corrected chi connectivity index (χ3v) is 2.17. The fraction of sp³-hybridized carbons (Fsp3) is 0.300. The van der Waals surface area contributed by atoms with Crippen LogP contribution in [0.3, 0.4) is 0 Å². The summed E-state index contributed by atoms with van der Waals surface area (Å²) in [6, 6.07) is 5.46. The Morgan fingerprint density at radius 2 is 2.23 bits per heavy atom. The van der Waals surface area contributed by atoms with Crippen LogP contribution >= 0.6 is 11.6 Å². The highest BCUT2D eigenvalue weighted by Crippen LogP contribution is 2.32. The Kier molecular flexibility index (Phi) is 3.58. The van der Waals surface area contributed by atoms with E-state index in [-0.39, 0.29) is 6.61 Å². The fourth-order valence-corrected chi connectivity index (χ4v) is 1.39. The van der Waals surface area contributed by atoms with Gasteiger partial charge in [-0.3, -0.25) is 0 Å². The first kappa shape index (κ1) is 10.4. The van der Waals surface area contributed by atoms with Crippen molar-refractivity contribution in [1.82, 2.24) is 0 Å². The first-order valence-electron chi connectivity index (χ1n) is 3.97. The van der Waals surface area contributed by atoms with Crippen molar-refractivity contribution in [2.75, 3.05) is 13.7 Å². The molecule has 13 heavy (non-hydrogen) atoms. The second-order valence-corrected chi connectivity index (χ2v) is 3.17. The lowest BCUT2D eigenvalue weighted by molar-refractivity contribution is 0.312. The molecule has 1 N–H and O–H groups in total. The third-order valence-electron chi connectivity index (χ3n) is 1.87. The zero-order valence-electron chi connectivity index (χ0n) is 7.67. The molecular weight excluding hydrogens is 188 g/mol. The highest BCUT2D eigenvalue weighted by molar-refractivity contribution is 6.32. The van der Waals surface area contributed by atoms with E-state index in [9.17, 15) is 0 Å². The molecule has 0 amide bonds. The average Bonchev–Trinajstić information content (AvgIpc) is 2.16. The number of ether oxygens (including phenoxy) is 1. The van der Waals surface area contributed by atoms with Crippen LogP contribution in [-0.4, -0.2) is 18.8 Å². The Morgan fingerprint density at radius 1 is 1.54 bits per heavy atom. The minimum atomic E-state index is 0.0106. The summed E-state index contributed by atoms with van der Waals surface area (Å²) in [4.78, 5) is 0. The minimum absolute atomic E-state index is 0.0106. The molecule has 0 bridgehead atoms. The summed E-state index contributed by atoms with van der Waals surface area (Å²) in [5.41, 5.74) is 0.859. The molecule has 0 aliphatic carbocycles. The lowest BCUT2D eigenvalue weighted by Crippen LogP contribution is -2.02. The number of benzene rings is 1. The van der Waals surface area contributed by atoms with Gasteiger partial charge in [0.15, 0.2) is 0 Å². The van der Waals surface area contributed by atoms with Gasteiger partial charge in [0.05, 0.1) is 18.7 Å². The van der Waals surface area contributed by atoms with Gasteiger partial charge in [-0.1, -0.05) is 30.7 Å². The Morgan fingerprint density at radius 3 is 2.77 bits per heavy atom. The summed E-state index contributed by atoms with van der Waals surface area (Å²) in [6.07, 6.45) is 0. The maximum Gasteiger partial charge on any atom is 0.141 e. The van der Waals surface area contributed by atoms with Gasteiger partial charge in [-0.2, -0.15) is 0 Å². The second kappa shape index (κ2) is 4.49. The standard InChI is InChI=1S/C10H12ClO2/c1-7(6-12)8-4-3-5-9(11)10(8)13-2/h3-5,12H,6H2,1-2H3. The van der Waals surface area contributed by atoms with Crippen molar-refractivity contribution in [3.63, 3.8) is 0 Å². The normalized spacial score (nSPS) is 10.5. The van der Waals surface area contributed by atoms with Gasteiger partial charge < -0.3 is 9.84 Å². The van der Waals surface area contributed by atoms with Gasteiger partial charge in [-0.05, 0) is 6.07 Å². The number of hydrogen-bond donors (Lipinski definition) is 1. The zero-order valence-corrected chi connectivity index (χ0v) is 8.43. The van der Waals surface area contributed by atoms with Gasteiger partial charge >= 0.3 is 0 Å². The van der Waals surface area contributed by atoms with Crippen molar-refractivity contribution in [3.8, 4) is 5.75 Å². The van der Waals surface area contributed by atoms with Crippen LogP contribution in [0.25, 0.3) is 0 Å². The molecule has 1 radical (unpaired) electrons. The number of hydrogen-bond acceptors (Lipinski definition) is 2. The Hall–Kier alpha value is -0.730. The first-order chi connectivity index (χ1) is 6.20. The van der Waals surface area contributed by atoms with Gasteiger partial charge in [0.1, 0.15) is 5.75 Å². The second-order valence-electron chi connectivity index (χ2n) is 2.76. The first-order valence-corrected chi connectivity index (χ1v) is 4.34. The van der Waals surface area contributed by atoms with E-state index in [2.05, 4.69) is 0 Å². The highest BCUT2D eigenvalue weighted by atomic mass is 35.5. The topological polar surface area (TPSA) is 29.5 Å². The number of rotatable bonds is 3. The summed E-state index contributed by atoms with van der Waals surface area (Å²) in [7, 11) is 1.56. The van der Waals surface area contributed by atoms with Crippen molar-refractivity contribution in [2.45, 2.75) is 6.92 Å². The Bertz CT molecular complexity index is 286. The van der Waals surface area contributed by atoms with Gasteiger partial charge in [-0.15, -0.1) is 0 Å². The molecule has 0 atom stereocenters. The lowest BCUT2D eigenvalue weighted by Gasteiger charge is -2.13. The van der Waals surface area contributed by atoms with E-state index in [1.807, 2.05) is 19.1 Å². The number of aliphatic hydroxyl groups excluding tert-OH is 1.